The SMILES string of the molecule is CCCCC[C@@H](Cl)C(=O)S[C@H]1CC[C@@]2(C)C(=CC[C@H]3[C@@H]4CC[C@H]([C@@H](C)CCCC(C)C)[C@@]4(C)CC[C@@H]32)C1. The third-order valence-corrected chi connectivity index (χ3v) is 13.7. The minimum absolute atomic E-state index is 0.230. The summed E-state index contributed by atoms with van der Waals surface area (Å²) in [5.74, 6) is 5.32. The van der Waals surface area contributed by atoms with Crippen molar-refractivity contribution in [2.24, 2.45) is 46.3 Å². The average molecular weight is 549 g/mol. The number of carbonyl (C=O) groups is 1. The van der Waals surface area contributed by atoms with Gasteiger partial charge in [0.05, 0.1) is 0 Å². The van der Waals surface area contributed by atoms with Gasteiger partial charge in [-0.2, -0.15) is 0 Å². The van der Waals surface area contributed by atoms with Crippen LogP contribution in [0.2, 0.25) is 0 Å². The van der Waals surface area contributed by atoms with Gasteiger partial charge in [0.1, 0.15) is 5.38 Å². The van der Waals surface area contributed by atoms with Crippen LogP contribution in [0.5, 0.6) is 0 Å². The van der Waals surface area contributed by atoms with Crippen LogP contribution in [0.1, 0.15) is 138 Å². The highest BCUT2D eigenvalue weighted by Crippen LogP contribution is 2.67. The Hall–Kier alpha value is 0.0500. The molecule has 0 saturated heterocycles. The van der Waals surface area contributed by atoms with Crippen molar-refractivity contribution in [3.8, 4) is 0 Å². The average Bonchev–Trinajstić information content (AvgIpc) is 3.21. The number of hydrogen-bond acceptors (Lipinski definition) is 2. The van der Waals surface area contributed by atoms with Crippen molar-refractivity contribution in [2.75, 3.05) is 0 Å². The standard InChI is InChI=1S/C34H57ClOS/c1-7-8-9-13-31(35)32(36)37-26-18-20-33(5)25(22-26)14-15-27-29-17-16-28(24(4)12-10-11-23(2)3)34(29,6)21-19-30(27)33/h14,23-24,26-31H,7-13,15-22H2,1-6H3/t24-,26-,27-,28+,29-,30-,31+,33-,34+/m0/s1. The summed E-state index contributed by atoms with van der Waals surface area (Å²) in [4.78, 5) is 12.8. The molecule has 3 heteroatoms. The van der Waals surface area contributed by atoms with Gasteiger partial charge >= 0.3 is 0 Å². The quantitative estimate of drug-likeness (QED) is 0.145. The van der Waals surface area contributed by atoms with E-state index in [-0.39, 0.29) is 10.5 Å². The molecule has 3 saturated carbocycles. The first-order valence-corrected chi connectivity index (χ1v) is 17.5. The van der Waals surface area contributed by atoms with Gasteiger partial charge in [-0.1, -0.05) is 103 Å². The minimum Gasteiger partial charge on any atom is -0.286 e. The van der Waals surface area contributed by atoms with Gasteiger partial charge in [0.2, 0.25) is 5.12 Å². The van der Waals surface area contributed by atoms with E-state index in [4.69, 9.17) is 11.6 Å². The van der Waals surface area contributed by atoms with Crippen LogP contribution in [0.3, 0.4) is 0 Å². The maximum atomic E-state index is 12.8. The zero-order valence-electron chi connectivity index (χ0n) is 25.0. The van der Waals surface area contributed by atoms with E-state index in [2.05, 4.69) is 47.6 Å². The molecule has 0 aliphatic heterocycles. The molecule has 4 aliphatic carbocycles. The first-order valence-electron chi connectivity index (χ1n) is 16.1. The molecular weight excluding hydrogens is 492 g/mol. The van der Waals surface area contributed by atoms with Crippen LogP contribution >= 0.6 is 23.4 Å². The fourth-order valence-corrected chi connectivity index (χ4v) is 11.1. The summed E-state index contributed by atoms with van der Waals surface area (Å²) >= 11 is 8.08. The van der Waals surface area contributed by atoms with Gasteiger partial charge in [-0.25, -0.2) is 0 Å². The molecule has 37 heavy (non-hydrogen) atoms. The Morgan fingerprint density at radius 1 is 1.00 bits per heavy atom. The lowest BCUT2D eigenvalue weighted by Crippen LogP contribution is -2.50. The van der Waals surface area contributed by atoms with Crippen molar-refractivity contribution in [2.45, 2.75) is 148 Å². The Kier molecular flexibility index (Phi) is 10.3. The third kappa shape index (κ3) is 6.36. The van der Waals surface area contributed by atoms with Gasteiger partial charge in [0, 0.05) is 5.25 Å². The van der Waals surface area contributed by atoms with Crippen molar-refractivity contribution in [3.63, 3.8) is 0 Å². The molecule has 0 radical (unpaired) electrons. The number of thioether (sulfide) groups is 1. The molecule has 4 aliphatic rings. The first-order chi connectivity index (χ1) is 17.6. The topological polar surface area (TPSA) is 17.1 Å². The van der Waals surface area contributed by atoms with E-state index in [0.717, 1.165) is 54.8 Å². The highest BCUT2D eigenvalue weighted by molar-refractivity contribution is 8.14. The second kappa shape index (κ2) is 12.7. The molecule has 0 N–H and O–H groups in total. The van der Waals surface area contributed by atoms with Crippen LogP contribution in [0.4, 0.5) is 0 Å². The maximum Gasteiger partial charge on any atom is 0.207 e. The molecule has 0 aromatic carbocycles. The van der Waals surface area contributed by atoms with Crippen molar-refractivity contribution in [1.82, 2.24) is 0 Å². The zero-order valence-corrected chi connectivity index (χ0v) is 26.6. The Morgan fingerprint density at radius 3 is 2.51 bits per heavy atom. The van der Waals surface area contributed by atoms with Crippen LogP contribution in [-0.4, -0.2) is 15.7 Å². The number of halogens is 1. The molecule has 0 unspecified atom stereocenters. The lowest BCUT2D eigenvalue weighted by molar-refractivity contribution is -0.110. The van der Waals surface area contributed by atoms with Gasteiger partial charge < -0.3 is 0 Å². The fraction of sp³-hybridized carbons (Fsp3) is 0.912. The van der Waals surface area contributed by atoms with E-state index in [9.17, 15) is 4.79 Å². The lowest BCUT2D eigenvalue weighted by Gasteiger charge is -2.58. The van der Waals surface area contributed by atoms with E-state index in [0.29, 0.717) is 16.1 Å². The molecule has 0 aromatic rings. The molecule has 0 spiro atoms. The zero-order chi connectivity index (χ0) is 26.8. The Bertz CT molecular complexity index is 806. The van der Waals surface area contributed by atoms with E-state index in [1.165, 1.54) is 77.0 Å². The fourth-order valence-electron chi connectivity index (χ4n) is 9.68. The molecule has 0 amide bonds. The van der Waals surface area contributed by atoms with Gasteiger partial charge in [0.15, 0.2) is 0 Å². The molecule has 3 fully saturated rings. The summed E-state index contributed by atoms with van der Waals surface area (Å²) < 4.78 is 0. The summed E-state index contributed by atoms with van der Waals surface area (Å²) in [5.41, 5.74) is 2.63. The number of unbranched alkanes of at least 4 members (excludes halogenated alkanes) is 2. The lowest BCUT2D eigenvalue weighted by atomic mass is 9.47. The van der Waals surface area contributed by atoms with Gasteiger partial charge in [-0.15, -0.1) is 11.6 Å². The summed E-state index contributed by atoms with van der Waals surface area (Å²) in [6.07, 6.45) is 21.9. The van der Waals surface area contributed by atoms with Crippen molar-refractivity contribution < 1.29 is 4.79 Å². The van der Waals surface area contributed by atoms with E-state index >= 15 is 0 Å². The number of rotatable bonds is 11. The number of fused-ring (bicyclic) bond motifs is 5. The second-order valence-electron chi connectivity index (χ2n) is 14.6. The summed E-state index contributed by atoms with van der Waals surface area (Å²) in [6, 6.07) is 0. The predicted molar refractivity (Wildman–Crippen MR) is 163 cm³/mol. The minimum atomic E-state index is -0.298. The number of carbonyl (C=O) groups excluding carboxylic acids is 1. The van der Waals surface area contributed by atoms with Crippen molar-refractivity contribution in [3.05, 3.63) is 11.6 Å². The van der Waals surface area contributed by atoms with Gasteiger partial charge in [-0.05, 0) is 104 Å². The van der Waals surface area contributed by atoms with Crippen LogP contribution in [-0.2, 0) is 4.79 Å². The molecule has 0 bridgehead atoms. The maximum absolute atomic E-state index is 12.8. The van der Waals surface area contributed by atoms with Crippen LogP contribution in [0, 0.1) is 46.3 Å². The number of allylic oxidation sites excluding steroid dienone is 2. The van der Waals surface area contributed by atoms with Crippen molar-refractivity contribution in [1.29, 1.82) is 0 Å². The van der Waals surface area contributed by atoms with Crippen molar-refractivity contribution >= 4 is 28.5 Å². The molecule has 1 nitrogen and oxygen atoms in total. The monoisotopic (exact) mass is 548 g/mol. The summed E-state index contributed by atoms with van der Waals surface area (Å²) in [5, 5.41) is 0.370. The highest BCUT2D eigenvalue weighted by Gasteiger charge is 2.59. The van der Waals surface area contributed by atoms with Gasteiger partial charge in [0.25, 0.3) is 0 Å². The summed E-state index contributed by atoms with van der Waals surface area (Å²) in [7, 11) is 0. The Balaban J connectivity index is 1.38. The molecule has 9 atom stereocenters. The van der Waals surface area contributed by atoms with E-state index in [1.807, 2.05) is 0 Å². The molecule has 0 aromatic heterocycles. The number of alkyl halides is 1. The summed E-state index contributed by atoms with van der Waals surface area (Å²) in [6.45, 7) is 14.8. The molecule has 212 valence electrons. The molecule has 0 heterocycles. The van der Waals surface area contributed by atoms with Crippen LogP contribution in [0.25, 0.3) is 0 Å². The van der Waals surface area contributed by atoms with Crippen LogP contribution in [0.15, 0.2) is 11.6 Å². The third-order valence-electron chi connectivity index (χ3n) is 11.9. The number of hydrogen-bond donors (Lipinski definition) is 0. The largest absolute Gasteiger partial charge is 0.286 e. The predicted octanol–water partition coefficient (Wildman–Crippen LogP) is 10.8. The smallest absolute Gasteiger partial charge is 0.207 e. The molecular formula is C34H57ClOS. The second-order valence-corrected chi connectivity index (χ2v) is 16.4. The highest BCUT2D eigenvalue weighted by atomic mass is 35.5. The van der Waals surface area contributed by atoms with Crippen LogP contribution < -0.4 is 0 Å². The van der Waals surface area contributed by atoms with E-state index < -0.39 is 0 Å². The molecule has 4 rings (SSSR count). The Labute approximate surface area is 239 Å². The first kappa shape index (κ1) is 30.0. The van der Waals surface area contributed by atoms with Gasteiger partial charge in [-0.3, -0.25) is 4.79 Å². The normalized spacial score (nSPS) is 38.9. The van der Waals surface area contributed by atoms with E-state index in [1.54, 1.807) is 17.3 Å². The Morgan fingerprint density at radius 2 is 1.78 bits per heavy atom.